The van der Waals surface area contributed by atoms with Crippen LogP contribution in [0, 0.1) is 0 Å². The van der Waals surface area contributed by atoms with Gasteiger partial charge in [0.1, 0.15) is 5.75 Å². The van der Waals surface area contributed by atoms with Crippen LogP contribution in [0.1, 0.15) is 31.0 Å². The van der Waals surface area contributed by atoms with E-state index in [1.807, 2.05) is 24.3 Å². The molecule has 0 saturated carbocycles. The molecule has 0 amide bonds. The zero-order valence-corrected chi connectivity index (χ0v) is 20.4. The van der Waals surface area contributed by atoms with E-state index in [1.54, 1.807) is 37.3 Å². The van der Waals surface area contributed by atoms with Crippen molar-refractivity contribution < 1.29 is 19.1 Å². The number of allylic oxidation sites excluding steroid dienone is 1. The van der Waals surface area contributed by atoms with Crippen LogP contribution in [0.15, 0.2) is 74.1 Å². The Balaban J connectivity index is 1.90. The molecular formula is C24H19BrN2O5S. The van der Waals surface area contributed by atoms with E-state index in [0.717, 1.165) is 10.0 Å². The summed E-state index contributed by atoms with van der Waals surface area (Å²) in [6.45, 7) is 3.04. The summed E-state index contributed by atoms with van der Waals surface area (Å²) < 4.78 is 13.1. The van der Waals surface area contributed by atoms with Gasteiger partial charge >= 0.3 is 11.9 Å². The topological polar surface area (TPSA) is 87.0 Å². The van der Waals surface area contributed by atoms with E-state index in [0.29, 0.717) is 26.3 Å². The van der Waals surface area contributed by atoms with Crippen molar-refractivity contribution in [3.05, 3.63) is 95.1 Å². The lowest BCUT2D eigenvalue weighted by Gasteiger charge is -2.24. The van der Waals surface area contributed by atoms with Gasteiger partial charge in [-0.3, -0.25) is 14.2 Å². The maximum absolute atomic E-state index is 13.5. The Kier molecular flexibility index (Phi) is 6.44. The third-order valence-electron chi connectivity index (χ3n) is 5.05. The Morgan fingerprint density at radius 3 is 2.39 bits per heavy atom. The number of fused-ring (bicyclic) bond motifs is 1. The lowest BCUT2D eigenvalue weighted by atomic mass is 9.96. The Morgan fingerprint density at radius 1 is 1.12 bits per heavy atom. The Labute approximate surface area is 201 Å². The van der Waals surface area contributed by atoms with Gasteiger partial charge in [-0.15, -0.1) is 0 Å². The largest absolute Gasteiger partial charge is 0.466 e. The van der Waals surface area contributed by atoms with Crippen LogP contribution in [0.2, 0.25) is 0 Å². The number of carbonyl (C=O) groups excluding carboxylic acids is 2. The SMILES string of the molecule is COC(=O)C1=C(C)N=c2sc(=Cc3ccc(Br)cc3)c(=O)n2C1c1ccc(OC(C)=O)cc1. The fraction of sp³-hybridized carbons (Fsp3) is 0.167. The molecule has 0 bridgehead atoms. The second kappa shape index (κ2) is 9.29. The van der Waals surface area contributed by atoms with Gasteiger partial charge in [-0.2, -0.15) is 0 Å². The minimum absolute atomic E-state index is 0.260. The predicted octanol–water partition coefficient (Wildman–Crippen LogP) is 3.10. The number of halogens is 1. The molecule has 1 atom stereocenters. The zero-order chi connectivity index (χ0) is 23.7. The molecule has 9 heteroatoms. The molecule has 3 aromatic rings. The summed E-state index contributed by atoms with van der Waals surface area (Å²) in [5.41, 5.74) is 2.03. The van der Waals surface area contributed by atoms with Gasteiger partial charge in [0.2, 0.25) is 0 Å². The van der Waals surface area contributed by atoms with E-state index in [1.165, 1.54) is 29.9 Å². The second-order valence-corrected chi connectivity index (χ2v) is 9.21. The molecule has 7 nitrogen and oxygen atoms in total. The number of ether oxygens (including phenoxy) is 2. The van der Waals surface area contributed by atoms with Crippen molar-refractivity contribution in [3.63, 3.8) is 0 Å². The number of thiazole rings is 1. The minimum Gasteiger partial charge on any atom is -0.466 e. The maximum atomic E-state index is 13.5. The molecule has 1 unspecified atom stereocenters. The minimum atomic E-state index is -0.729. The van der Waals surface area contributed by atoms with Crippen LogP contribution in [-0.2, 0) is 14.3 Å². The van der Waals surface area contributed by atoms with Crippen LogP contribution in [0.4, 0.5) is 0 Å². The number of carbonyl (C=O) groups is 2. The summed E-state index contributed by atoms with van der Waals surface area (Å²) in [4.78, 5) is 42.4. The van der Waals surface area contributed by atoms with E-state index in [4.69, 9.17) is 9.47 Å². The third kappa shape index (κ3) is 4.60. The van der Waals surface area contributed by atoms with Crippen molar-refractivity contribution in [2.75, 3.05) is 7.11 Å². The van der Waals surface area contributed by atoms with Crippen LogP contribution < -0.4 is 19.6 Å². The quantitative estimate of drug-likeness (QED) is 0.385. The van der Waals surface area contributed by atoms with Crippen molar-refractivity contribution in [2.24, 2.45) is 4.99 Å². The van der Waals surface area contributed by atoms with Crippen LogP contribution >= 0.6 is 27.3 Å². The van der Waals surface area contributed by atoms with E-state index < -0.39 is 18.0 Å². The van der Waals surface area contributed by atoms with Crippen molar-refractivity contribution in [2.45, 2.75) is 19.9 Å². The maximum Gasteiger partial charge on any atom is 0.338 e. The number of aromatic nitrogens is 1. The van der Waals surface area contributed by atoms with Gasteiger partial charge in [0.25, 0.3) is 5.56 Å². The molecule has 1 aliphatic rings. The summed E-state index contributed by atoms with van der Waals surface area (Å²) in [7, 11) is 1.29. The molecule has 0 radical (unpaired) electrons. The summed E-state index contributed by atoms with van der Waals surface area (Å²) in [5, 5.41) is 0. The van der Waals surface area contributed by atoms with E-state index in [2.05, 4.69) is 20.9 Å². The third-order valence-corrected chi connectivity index (χ3v) is 6.56. The summed E-state index contributed by atoms with van der Waals surface area (Å²) in [6.07, 6.45) is 1.80. The van der Waals surface area contributed by atoms with Gasteiger partial charge < -0.3 is 9.47 Å². The molecule has 2 heterocycles. The number of methoxy groups -OCH3 is 1. The van der Waals surface area contributed by atoms with Gasteiger partial charge in [0, 0.05) is 11.4 Å². The second-order valence-electron chi connectivity index (χ2n) is 7.29. The molecule has 4 rings (SSSR count). The Bertz CT molecular complexity index is 1450. The fourth-order valence-corrected chi connectivity index (χ4v) is 4.91. The standard InChI is InChI=1S/C24H19BrN2O5S/c1-13-20(23(30)31-3)21(16-6-10-18(11-7-16)32-14(2)28)27-22(29)19(33-24(27)26-13)12-15-4-8-17(25)9-5-15/h4-12,21H,1-3H3. The van der Waals surface area contributed by atoms with Crippen molar-refractivity contribution in [1.82, 2.24) is 4.57 Å². The van der Waals surface area contributed by atoms with Gasteiger partial charge in [-0.1, -0.05) is 51.5 Å². The molecule has 1 aliphatic heterocycles. The summed E-state index contributed by atoms with van der Waals surface area (Å²) >= 11 is 4.67. The van der Waals surface area contributed by atoms with Gasteiger partial charge in [-0.25, -0.2) is 9.79 Å². The number of hydrogen-bond acceptors (Lipinski definition) is 7. The molecule has 1 aromatic heterocycles. The Hall–Kier alpha value is -3.30. The summed E-state index contributed by atoms with van der Waals surface area (Å²) in [5.74, 6) is -0.628. The van der Waals surface area contributed by atoms with Gasteiger partial charge in [0.15, 0.2) is 4.80 Å². The first kappa shape index (κ1) is 22.9. The Morgan fingerprint density at radius 2 is 1.79 bits per heavy atom. The fourth-order valence-electron chi connectivity index (χ4n) is 3.60. The lowest BCUT2D eigenvalue weighted by Crippen LogP contribution is -2.39. The highest BCUT2D eigenvalue weighted by Gasteiger charge is 2.33. The molecular weight excluding hydrogens is 508 g/mol. The molecule has 2 aromatic carbocycles. The highest BCUT2D eigenvalue weighted by Crippen LogP contribution is 2.31. The number of rotatable bonds is 4. The smallest absolute Gasteiger partial charge is 0.338 e. The molecule has 0 fully saturated rings. The number of nitrogens with zero attached hydrogens (tertiary/aromatic N) is 2. The first-order valence-electron chi connectivity index (χ1n) is 9.93. The van der Waals surface area contributed by atoms with Gasteiger partial charge in [0.05, 0.1) is 29.0 Å². The van der Waals surface area contributed by atoms with Gasteiger partial charge in [-0.05, 0) is 48.4 Å². The normalized spacial score (nSPS) is 15.6. The average Bonchev–Trinajstić information content (AvgIpc) is 3.08. The highest BCUT2D eigenvalue weighted by molar-refractivity contribution is 9.10. The zero-order valence-electron chi connectivity index (χ0n) is 18.0. The van der Waals surface area contributed by atoms with Crippen molar-refractivity contribution in [3.8, 4) is 5.75 Å². The lowest BCUT2D eigenvalue weighted by molar-refractivity contribution is -0.136. The van der Waals surface area contributed by atoms with Crippen LogP contribution in [-0.4, -0.2) is 23.6 Å². The number of hydrogen-bond donors (Lipinski definition) is 0. The number of esters is 2. The molecule has 0 N–H and O–H groups in total. The van der Waals surface area contributed by atoms with E-state index in [9.17, 15) is 14.4 Å². The number of benzene rings is 2. The van der Waals surface area contributed by atoms with Crippen LogP contribution in [0.3, 0.4) is 0 Å². The molecule has 0 spiro atoms. The molecule has 0 aliphatic carbocycles. The predicted molar refractivity (Wildman–Crippen MR) is 128 cm³/mol. The first-order valence-corrected chi connectivity index (χ1v) is 11.5. The van der Waals surface area contributed by atoms with E-state index in [-0.39, 0.29) is 11.1 Å². The monoisotopic (exact) mass is 526 g/mol. The van der Waals surface area contributed by atoms with Crippen molar-refractivity contribution >= 4 is 45.3 Å². The van der Waals surface area contributed by atoms with E-state index >= 15 is 0 Å². The molecule has 33 heavy (non-hydrogen) atoms. The first-order chi connectivity index (χ1) is 15.8. The molecule has 168 valence electrons. The average molecular weight is 527 g/mol. The summed E-state index contributed by atoms with van der Waals surface area (Å²) in [6, 6.07) is 13.6. The highest BCUT2D eigenvalue weighted by atomic mass is 79.9. The molecule has 0 saturated heterocycles. The van der Waals surface area contributed by atoms with Crippen molar-refractivity contribution in [1.29, 1.82) is 0 Å². The van der Waals surface area contributed by atoms with Crippen LogP contribution in [0.25, 0.3) is 6.08 Å². The van der Waals surface area contributed by atoms with Crippen LogP contribution in [0.5, 0.6) is 5.75 Å².